The molecule has 0 fully saturated rings. The van der Waals surface area contributed by atoms with Crippen LogP contribution in [0, 0.1) is 0 Å². The van der Waals surface area contributed by atoms with E-state index in [1.54, 1.807) is 48.5 Å². The first-order valence-corrected chi connectivity index (χ1v) is 11.6. The summed E-state index contributed by atoms with van der Waals surface area (Å²) in [5.74, 6) is -0.254. The minimum absolute atomic E-state index is 0.0476. The second-order valence-electron chi connectivity index (χ2n) is 8.38. The normalized spacial score (nSPS) is 12.1. The van der Waals surface area contributed by atoms with Gasteiger partial charge in [0.2, 0.25) is 0 Å². The van der Waals surface area contributed by atoms with Crippen molar-refractivity contribution in [2.24, 2.45) is 9.98 Å². The third kappa shape index (κ3) is 5.69. The molecular weight excluding hydrogens is 462 g/mol. The highest BCUT2D eigenvalue weighted by atomic mass is 16.4. The summed E-state index contributed by atoms with van der Waals surface area (Å²) in [5, 5.41) is 21.7. The summed E-state index contributed by atoms with van der Waals surface area (Å²) in [6, 6.07) is 13.6. The molecule has 2 aromatic carbocycles. The van der Waals surface area contributed by atoms with Gasteiger partial charge in [0.15, 0.2) is 0 Å². The predicted molar refractivity (Wildman–Crippen MR) is 140 cm³/mol. The summed E-state index contributed by atoms with van der Waals surface area (Å²) in [5.41, 5.74) is -0.483. The Morgan fingerprint density at radius 2 is 1.17 bits per heavy atom. The van der Waals surface area contributed by atoms with E-state index >= 15 is 0 Å². The third-order valence-electron chi connectivity index (χ3n) is 5.73. The molecule has 2 heterocycles. The van der Waals surface area contributed by atoms with Crippen molar-refractivity contribution in [2.45, 2.75) is 12.8 Å². The van der Waals surface area contributed by atoms with E-state index in [0.29, 0.717) is 35.0 Å². The molecule has 0 unspecified atom stereocenters. The van der Waals surface area contributed by atoms with Gasteiger partial charge >= 0.3 is 11.3 Å². The van der Waals surface area contributed by atoms with E-state index in [1.807, 2.05) is 7.05 Å². The molecule has 4 rings (SSSR count). The second kappa shape index (κ2) is 11.5. The zero-order valence-electron chi connectivity index (χ0n) is 19.9. The van der Waals surface area contributed by atoms with Gasteiger partial charge in [-0.15, -0.1) is 0 Å². The van der Waals surface area contributed by atoms with Gasteiger partial charge in [0.25, 0.3) is 0 Å². The lowest BCUT2D eigenvalue weighted by molar-refractivity contribution is 0.329. The Bertz CT molecular complexity index is 1420. The van der Waals surface area contributed by atoms with E-state index in [9.17, 15) is 19.8 Å². The SMILES string of the molecule is CN(CCCN=Cc1c(O)c2ccccc2oc1=O)CCCN=Cc1c(O)c2ccccc2oc1=O. The largest absolute Gasteiger partial charge is 0.506 e. The molecule has 0 amide bonds. The molecule has 0 radical (unpaired) electrons. The van der Waals surface area contributed by atoms with E-state index in [0.717, 1.165) is 25.9 Å². The Morgan fingerprint density at radius 1 is 0.750 bits per heavy atom. The third-order valence-corrected chi connectivity index (χ3v) is 5.73. The van der Waals surface area contributed by atoms with Gasteiger partial charge in [0.1, 0.15) is 33.8 Å². The van der Waals surface area contributed by atoms with Crippen molar-refractivity contribution in [3.05, 3.63) is 80.5 Å². The van der Waals surface area contributed by atoms with Crippen molar-refractivity contribution in [1.82, 2.24) is 4.90 Å². The number of hydrogen-bond donors (Lipinski definition) is 2. The topological polar surface area (TPSA) is 129 Å². The van der Waals surface area contributed by atoms with Gasteiger partial charge in [0, 0.05) is 25.5 Å². The second-order valence-corrected chi connectivity index (χ2v) is 8.38. The fourth-order valence-electron chi connectivity index (χ4n) is 3.81. The Balaban J connectivity index is 1.21. The van der Waals surface area contributed by atoms with E-state index < -0.39 is 11.3 Å². The number of benzene rings is 2. The summed E-state index contributed by atoms with van der Waals surface area (Å²) in [6.07, 6.45) is 4.26. The maximum atomic E-state index is 12.1. The molecule has 9 heteroatoms. The average molecular weight is 490 g/mol. The maximum Gasteiger partial charge on any atom is 0.348 e. The molecule has 2 aromatic heterocycles. The van der Waals surface area contributed by atoms with Gasteiger partial charge in [-0.1, -0.05) is 24.3 Å². The molecule has 0 aliphatic carbocycles. The molecule has 0 saturated carbocycles. The standard InChI is InChI=1S/C27H27N3O6/c1-30(14-6-12-28-16-20-24(31)18-8-2-4-10-22(18)35-26(20)33)15-7-13-29-17-21-25(32)19-9-3-5-11-23(19)36-27(21)34/h2-5,8-11,16-17,31-32H,6-7,12-15H2,1H3. The van der Waals surface area contributed by atoms with Gasteiger partial charge in [-0.3, -0.25) is 9.98 Å². The quantitative estimate of drug-likeness (QED) is 0.198. The van der Waals surface area contributed by atoms with Crippen LogP contribution in [0.25, 0.3) is 21.9 Å². The van der Waals surface area contributed by atoms with Crippen molar-refractivity contribution in [2.75, 3.05) is 33.2 Å². The molecule has 0 atom stereocenters. The Hall–Kier alpha value is -4.24. The fourth-order valence-corrected chi connectivity index (χ4v) is 3.81. The monoisotopic (exact) mass is 489 g/mol. The molecule has 2 N–H and O–H groups in total. The number of rotatable bonds is 10. The Morgan fingerprint density at radius 3 is 1.61 bits per heavy atom. The van der Waals surface area contributed by atoms with Crippen LogP contribution in [0.15, 0.2) is 76.9 Å². The molecule has 9 nitrogen and oxygen atoms in total. The van der Waals surface area contributed by atoms with Crippen LogP contribution in [0.5, 0.6) is 11.5 Å². The van der Waals surface area contributed by atoms with Gasteiger partial charge in [-0.05, 0) is 57.2 Å². The van der Waals surface area contributed by atoms with E-state index in [-0.39, 0.29) is 22.6 Å². The number of aromatic hydroxyl groups is 2. The summed E-state index contributed by atoms with van der Waals surface area (Å²) in [4.78, 5) is 34.9. The van der Waals surface area contributed by atoms with Gasteiger partial charge < -0.3 is 23.9 Å². The van der Waals surface area contributed by atoms with Crippen LogP contribution < -0.4 is 11.3 Å². The van der Waals surface area contributed by atoms with Gasteiger partial charge in [0.05, 0.1) is 10.8 Å². The highest BCUT2D eigenvalue weighted by molar-refractivity contribution is 5.94. The number of hydrogen-bond acceptors (Lipinski definition) is 9. The average Bonchev–Trinajstić information content (AvgIpc) is 2.87. The van der Waals surface area contributed by atoms with Gasteiger partial charge in [-0.2, -0.15) is 0 Å². The van der Waals surface area contributed by atoms with E-state index in [4.69, 9.17) is 8.83 Å². The lowest BCUT2D eigenvalue weighted by Crippen LogP contribution is -2.22. The van der Waals surface area contributed by atoms with Crippen LogP contribution in [0.3, 0.4) is 0 Å². The van der Waals surface area contributed by atoms with Crippen LogP contribution in [0.2, 0.25) is 0 Å². The first-order valence-electron chi connectivity index (χ1n) is 11.6. The zero-order chi connectivity index (χ0) is 25.5. The molecule has 186 valence electrons. The minimum atomic E-state index is -0.623. The van der Waals surface area contributed by atoms with Crippen molar-refractivity contribution >= 4 is 34.4 Å². The van der Waals surface area contributed by atoms with Crippen LogP contribution >= 0.6 is 0 Å². The molecule has 36 heavy (non-hydrogen) atoms. The summed E-state index contributed by atoms with van der Waals surface area (Å²) >= 11 is 0. The molecule has 0 saturated heterocycles. The van der Waals surface area contributed by atoms with Crippen molar-refractivity contribution in [1.29, 1.82) is 0 Å². The number of para-hydroxylation sites is 2. The summed E-state index contributed by atoms with van der Waals surface area (Å²) in [7, 11) is 1.99. The van der Waals surface area contributed by atoms with Crippen LogP contribution in [-0.2, 0) is 0 Å². The lowest BCUT2D eigenvalue weighted by Gasteiger charge is -2.14. The lowest BCUT2D eigenvalue weighted by atomic mass is 10.1. The van der Waals surface area contributed by atoms with Crippen LogP contribution in [0.1, 0.15) is 24.0 Å². The van der Waals surface area contributed by atoms with E-state index in [1.165, 1.54) is 12.4 Å². The highest BCUT2D eigenvalue weighted by Gasteiger charge is 2.12. The predicted octanol–water partition coefficient (Wildman–Crippen LogP) is 3.56. The smallest absolute Gasteiger partial charge is 0.348 e. The molecule has 0 spiro atoms. The Kier molecular flexibility index (Phi) is 7.92. The summed E-state index contributed by atoms with van der Waals surface area (Å²) < 4.78 is 10.5. The summed E-state index contributed by atoms with van der Waals surface area (Å²) in [6.45, 7) is 2.55. The molecule has 0 aliphatic heterocycles. The molecule has 0 bridgehead atoms. The van der Waals surface area contributed by atoms with E-state index in [2.05, 4.69) is 14.9 Å². The minimum Gasteiger partial charge on any atom is -0.506 e. The maximum absolute atomic E-state index is 12.1. The van der Waals surface area contributed by atoms with Crippen molar-refractivity contribution in [3.63, 3.8) is 0 Å². The molecule has 4 aromatic rings. The van der Waals surface area contributed by atoms with Crippen molar-refractivity contribution in [3.8, 4) is 11.5 Å². The first-order chi connectivity index (χ1) is 17.5. The molecular formula is C27H27N3O6. The fraction of sp³-hybridized carbons (Fsp3) is 0.259. The zero-order valence-corrected chi connectivity index (χ0v) is 19.9. The highest BCUT2D eigenvalue weighted by Crippen LogP contribution is 2.25. The van der Waals surface area contributed by atoms with Crippen LogP contribution in [0.4, 0.5) is 0 Å². The Labute approximate surface area is 206 Å². The molecule has 0 aliphatic rings. The van der Waals surface area contributed by atoms with Gasteiger partial charge in [-0.25, -0.2) is 9.59 Å². The number of aliphatic imine (C=N–C) groups is 2. The number of nitrogens with zero attached hydrogens (tertiary/aromatic N) is 3. The number of fused-ring (bicyclic) bond motifs is 2. The van der Waals surface area contributed by atoms with Crippen molar-refractivity contribution < 1.29 is 19.0 Å². The first kappa shape index (κ1) is 24.9. The van der Waals surface area contributed by atoms with Crippen LogP contribution in [-0.4, -0.2) is 60.8 Å².